The van der Waals surface area contributed by atoms with Gasteiger partial charge in [-0.05, 0) is 43.7 Å². The summed E-state index contributed by atoms with van der Waals surface area (Å²) in [5.41, 5.74) is 0.471. The molecule has 0 fully saturated rings. The van der Waals surface area contributed by atoms with Gasteiger partial charge in [0.25, 0.3) is 15.9 Å². The number of halogens is 4. The number of amides is 1. The van der Waals surface area contributed by atoms with Crippen LogP contribution in [0.5, 0.6) is 11.5 Å². The van der Waals surface area contributed by atoms with Crippen molar-refractivity contribution >= 4 is 27.5 Å². The molecule has 1 heterocycles. The second kappa shape index (κ2) is 8.90. The van der Waals surface area contributed by atoms with Gasteiger partial charge in [-0.3, -0.25) is 4.79 Å². The molecule has 1 N–H and O–H groups in total. The van der Waals surface area contributed by atoms with E-state index in [0.29, 0.717) is 5.56 Å². The first kappa shape index (κ1) is 24.3. The van der Waals surface area contributed by atoms with Gasteiger partial charge in [0.2, 0.25) is 0 Å². The Labute approximate surface area is 191 Å². The third kappa shape index (κ3) is 5.37. The van der Waals surface area contributed by atoms with Gasteiger partial charge in [0.1, 0.15) is 16.4 Å². The number of hydrogen-bond donors (Lipinski definition) is 1. The zero-order valence-electron chi connectivity index (χ0n) is 17.3. The normalized spacial score (nSPS) is 11.8. The predicted octanol–water partition coefficient (Wildman–Crippen LogP) is 3.56. The van der Waals surface area contributed by atoms with Gasteiger partial charge in [-0.2, -0.15) is 0 Å². The summed E-state index contributed by atoms with van der Waals surface area (Å²) in [4.78, 5) is 12.4. The number of nitrogens with zero attached hydrogens (tertiary/aromatic N) is 3. The molecule has 0 spiro atoms. The Hall–Kier alpha value is -3.32. The largest absolute Gasteiger partial charge is 0.573 e. The molecular formula is C19H16ClF3N4O5S. The zero-order valence-corrected chi connectivity index (χ0v) is 18.8. The van der Waals surface area contributed by atoms with E-state index in [1.165, 1.54) is 32.2 Å². The van der Waals surface area contributed by atoms with E-state index in [1.807, 2.05) is 4.72 Å². The van der Waals surface area contributed by atoms with Gasteiger partial charge in [-0.15, -0.1) is 18.3 Å². The SMILES string of the molecule is COc1ccc(C)cc1S(=O)(=O)NC(=O)c1nnn(-c2ccc(OC(F)(F)F)cc2Cl)c1C. The highest BCUT2D eigenvalue weighted by atomic mass is 35.5. The van der Waals surface area contributed by atoms with E-state index >= 15 is 0 Å². The number of rotatable bonds is 6. The van der Waals surface area contributed by atoms with E-state index in [2.05, 4.69) is 15.0 Å². The molecule has 3 rings (SSSR count). The van der Waals surface area contributed by atoms with Gasteiger partial charge in [-0.1, -0.05) is 22.9 Å². The molecule has 0 saturated heterocycles. The monoisotopic (exact) mass is 504 g/mol. The van der Waals surface area contributed by atoms with Crippen molar-refractivity contribution in [2.45, 2.75) is 25.1 Å². The molecule has 9 nitrogen and oxygen atoms in total. The maximum absolute atomic E-state index is 12.7. The first-order valence-electron chi connectivity index (χ1n) is 9.02. The number of nitrogens with one attached hydrogen (secondary N) is 1. The molecule has 0 saturated carbocycles. The number of ether oxygens (including phenoxy) is 2. The second-order valence-corrected chi connectivity index (χ2v) is 8.74. The molecule has 3 aromatic rings. The van der Waals surface area contributed by atoms with E-state index in [9.17, 15) is 26.4 Å². The maximum atomic E-state index is 12.7. The number of aryl methyl sites for hydroxylation is 1. The van der Waals surface area contributed by atoms with Crippen LogP contribution in [0.2, 0.25) is 5.02 Å². The van der Waals surface area contributed by atoms with E-state index in [1.54, 1.807) is 13.0 Å². The number of hydrogen-bond acceptors (Lipinski definition) is 7. The number of aromatic nitrogens is 3. The van der Waals surface area contributed by atoms with Crippen LogP contribution in [0.15, 0.2) is 41.3 Å². The Morgan fingerprint density at radius 1 is 1.15 bits per heavy atom. The third-order valence-electron chi connectivity index (χ3n) is 4.33. The summed E-state index contributed by atoms with van der Waals surface area (Å²) in [6, 6.07) is 7.53. The van der Waals surface area contributed by atoms with Crippen molar-refractivity contribution in [1.29, 1.82) is 0 Å². The lowest BCUT2D eigenvalue weighted by Gasteiger charge is -2.12. The molecule has 0 aliphatic rings. The number of alkyl halides is 3. The summed E-state index contributed by atoms with van der Waals surface area (Å²) < 4.78 is 74.5. The standard InChI is InChI=1S/C19H16ClF3N4O5S/c1-10-4-7-15(31-3)16(8-10)33(29,30)25-18(28)17-11(2)27(26-24-17)14-6-5-12(9-13(14)20)32-19(21,22)23/h4-9H,1-3H3,(H,25,28). The van der Waals surface area contributed by atoms with E-state index in [4.69, 9.17) is 16.3 Å². The Morgan fingerprint density at radius 2 is 1.85 bits per heavy atom. The molecule has 2 aromatic carbocycles. The topological polar surface area (TPSA) is 112 Å². The van der Waals surface area contributed by atoms with Crippen LogP contribution in [0.25, 0.3) is 5.69 Å². The molecule has 33 heavy (non-hydrogen) atoms. The highest BCUT2D eigenvalue weighted by Crippen LogP contribution is 2.30. The third-order valence-corrected chi connectivity index (χ3v) is 5.98. The summed E-state index contributed by atoms with van der Waals surface area (Å²) in [6.45, 7) is 3.08. The van der Waals surface area contributed by atoms with E-state index in [0.717, 1.165) is 16.8 Å². The highest BCUT2D eigenvalue weighted by molar-refractivity contribution is 7.90. The number of carbonyl (C=O) groups is 1. The minimum atomic E-state index is -4.90. The molecule has 0 aliphatic heterocycles. The molecule has 0 aliphatic carbocycles. The second-order valence-electron chi connectivity index (χ2n) is 6.69. The van der Waals surface area contributed by atoms with Crippen molar-refractivity contribution in [2.75, 3.05) is 7.11 Å². The molecule has 176 valence electrons. The lowest BCUT2D eigenvalue weighted by atomic mass is 10.2. The van der Waals surface area contributed by atoms with Crippen molar-refractivity contribution in [2.24, 2.45) is 0 Å². The van der Waals surface area contributed by atoms with Crippen molar-refractivity contribution in [3.63, 3.8) is 0 Å². The summed E-state index contributed by atoms with van der Waals surface area (Å²) in [5, 5.41) is 7.28. The number of benzene rings is 2. The molecular weight excluding hydrogens is 489 g/mol. The van der Waals surface area contributed by atoms with E-state index < -0.39 is 28.0 Å². The zero-order chi connectivity index (χ0) is 24.6. The smallest absolute Gasteiger partial charge is 0.495 e. The van der Waals surface area contributed by atoms with Crippen molar-refractivity contribution in [3.8, 4) is 17.2 Å². The van der Waals surface area contributed by atoms with Crippen LogP contribution in [-0.2, 0) is 10.0 Å². The number of carbonyl (C=O) groups excluding carboxylic acids is 1. The van der Waals surface area contributed by atoms with Gasteiger partial charge < -0.3 is 9.47 Å². The van der Waals surface area contributed by atoms with Crippen LogP contribution in [-0.4, -0.2) is 42.8 Å². The fraction of sp³-hybridized carbons (Fsp3) is 0.211. The molecule has 1 aromatic heterocycles. The summed E-state index contributed by atoms with van der Waals surface area (Å²) in [5.74, 6) is -1.59. The van der Waals surface area contributed by atoms with Gasteiger partial charge in [0.05, 0.1) is 23.5 Å². The van der Waals surface area contributed by atoms with Crippen molar-refractivity contribution in [3.05, 3.63) is 58.4 Å². The van der Waals surface area contributed by atoms with Crippen LogP contribution in [0.3, 0.4) is 0 Å². The first-order valence-corrected chi connectivity index (χ1v) is 10.9. The highest BCUT2D eigenvalue weighted by Gasteiger charge is 2.31. The fourth-order valence-electron chi connectivity index (χ4n) is 2.84. The van der Waals surface area contributed by atoms with Gasteiger partial charge >= 0.3 is 6.36 Å². The molecule has 0 bridgehead atoms. The van der Waals surface area contributed by atoms with Gasteiger partial charge in [0, 0.05) is 6.07 Å². The van der Waals surface area contributed by atoms with Crippen LogP contribution in [0, 0.1) is 13.8 Å². The van der Waals surface area contributed by atoms with Crippen molar-refractivity contribution < 1.29 is 35.9 Å². The maximum Gasteiger partial charge on any atom is 0.573 e. The average molecular weight is 505 g/mol. The van der Waals surface area contributed by atoms with Crippen LogP contribution < -0.4 is 14.2 Å². The molecule has 0 radical (unpaired) electrons. The fourth-order valence-corrected chi connectivity index (χ4v) is 4.30. The van der Waals surface area contributed by atoms with Crippen LogP contribution >= 0.6 is 11.6 Å². The Bertz CT molecular complexity index is 1330. The lowest BCUT2D eigenvalue weighted by molar-refractivity contribution is -0.274. The minimum Gasteiger partial charge on any atom is -0.495 e. The quantitative estimate of drug-likeness (QED) is 0.546. The summed E-state index contributed by atoms with van der Waals surface area (Å²) >= 11 is 6.04. The Kier molecular flexibility index (Phi) is 6.56. The van der Waals surface area contributed by atoms with Crippen molar-refractivity contribution in [1.82, 2.24) is 19.7 Å². The predicted molar refractivity (Wildman–Crippen MR) is 110 cm³/mol. The molecule has 14 heteroatoms. The van der Waals surface area contributed by atoms with Gasteiger partial charge in [-0.25, -0.2) is 17.8 Å². The first-order chi connectivity index (χ1) is 15.3. The van der Waals surface area contributed by atoms with Crippen LogP contribution in [0.1, 0.15) is 21.7 Å². The van der Waals surface area contributed by atoms with Crippen LogP contribution in [0.4, 0.5) is 13.2 Å². The Balaban J connectivity index is 1.90. The lowest BCUT2D eigenvalue weighted by Crippen LogP contribution is -2.31. The van der Waals surface area contributed by atoms with E-state index in [-0.39, 0.29) is 32.7 Å². The Morgan fingerprint density at radius 3 is 2.45 bits per heavy atom. The van der Waals surface area contributed by atoms with Gasteiger partial charge in [0.15, 0.2) is 5.69 Å². The molecule has 1 amide bonds. The minimum absolute atomic E-state index is 0.0363. The summed E-state index contributed by atoms with van der Waals surface area (Å²) in [7, 11) is -3.04. The molecule has 0 unspecified atom stereocenters. The molecule has 0 atom stereocenters. The number of sulfonamides is 1. The summed E-state index contributed by atoms with van der Waals surface area (Å²) in [6.07, 6.45) is -4.90. The number of methoxy groups -OCH3 is 1. The average Bonchev–Trinajstić information content (AvgIpc) is 3.08.